The highest BCUT2D eigenvalue weighted by Gasteiger charge is 2.29. The summed E-state index contributed by atoms with van der Waals surface area (Å²) in [5.74, 6) is 0. The first-order valence-corrected chi connectivity index (χ1v) is 7.59. The van der Waals surface area contributed by atoms with Crippen molar-refractivity contribution in [2.45, 2.75) is 51.4 Å². The van der Waals surface area contributed by atoms with E-state index in [0.29, 0.717) is 6.54 Å². The molecule has 4 heteroatoms. The van der Waals surface area contributed by atoms with Crippen molar-refractivity contribution in [3.05, 3.63) is 39.9 Å². The Labute approximate surface area is 120 Å². The third kappa shape index (κ3) is 3.79. The number of non-ortho nitro benzene ring substituents is 1. The number of hydrogen-bond acceptors (Lipinski definition) is 3. The molecular formula is C16H24N2O2. The molecule has 0 radical (unpaired) electrons. The zero-order valence-corrected chi connectivity index (χ0v) is 12.0. The second-order valence-corrected chi connectivity index (χ2v) is 6.07. The Morgan fingerprint density at radius 1 is 1.05 bits per heavy atom. The van der Waals surface area contributed by atoms with Crippen LogP contribution in [0.4, 0.5) is 5.69 Å². The Morgan fingerprint density at radius 2 is 1.60 bits per heavy atom. The van der Waals surface area contributed by atoms with E-state index in [1.165, 1.54) is 50.5 Å². The summed E-state index contributed by atoms with van der Waals surface area (Å²) in [7, 11) is 0. The smallest absolute Gasteiger partial charge is 0.269 e. The van der Waals surface area contributed by atoms with Crippen LogP contribution in [0.15, 0.2) is 24.3 Å². The molecule has 20 heavy (non-hydrogen) atoms. The van der Waals surface area contributed by atoms with E-state index in [0.717, 1.165) is 6.42 Å². The monoisotopic (exact) mass is 276 g/mol. The van der Waals surface area contributed by atoms with Crippen molar-refractivity contribution >= 4 is 5.69 Å². The zero-order chi connectivity index (χ0) is 14.4. The van der Waals surface area contributed by atoms with Crippen molar-refractivity contribution in [3.63, 3.8) is 0 Å². The summed E-state index contributed by atoms with van der Waals surface area (Å²) in [5, 5.41) is 10.7. The molecule has 1 aromatic carbocycles. The predicted molar refractivity (Wildman–Crippen MR) is 80.6 cm³/mol. The van der Waals surface area contributed by atoms with Crippen molar-refractivity contribution in [2.24, 2.45) is 11.1 Å². The molecule has 0 spiro atoms. The lowest BCUT2D eigenvalue weighted by molar-refractivity contribution is -0.384. The fourth-order valence-electron chi connectivity index (χ4n) is 3.28. The van der Waals surface area contributed by atoms with E-state index in [-0.39, 0.29) is 16.0 Å². The summed E-state index contributed by atoms with van der Waals surface area (Å²) >= 11 is 0. The average molecular weight is 276 g/mol. The van der Waals surface area contributed by atoms with Crippen molar-refractivity contribution in [1.82, 2.24) is 0 Å². The summed E-state index contributed by atoms with van der Waals surface area (Å²) in [6.07, 6.45) is 9.78. The van der Waals surface area contributed by atoms with Crippen molar-refractivity contribution < 1.29 is 4.92 Å². The molecule has 2 rings (SSSR count). The Kier molecular flexibility index (Phi) is 5.12. The highest BCUT2D eigenvalue weighted by atomic mass is 16.6. The van der Waals surface area contributed by atoms with Crippen LogP contribution in [0.3, 0.4) is 0 Å². The van der Waals surface area contributed by atoms with Gasteiger partial charge in [-0.15, -0.1) is 0 Å². The van der Waals surface area contributed by atoms with Gasteiger partial charge in [-0.25, -0.2) is 0 Å². The predicted octanol–water partition coefficient (Wildman–Crippen LogP) is 3.83. The van der Waals surface area contributed by atoms with Gasteiger partial charge in [0.25, 0.3) is 5.69 Å². The van der Waals surface area contributed by atoms with Crippen LogP contribution in [-0.4, -0.2) is 11.5 Å². The van der Waals surface area contributed by atoms with Crippen molar-refractivity contribution in [2.75, 3.05) is 6.54 Å². The molecule has 4 nitrogen and oxygen atoms in total. The highest BCUT2D eigenvalue weighted by molar-refractivity contribution is 5.33. The van der Waals surface area contributed by atoms with Gasteiger partial charge in [0.05, 0.1) is 4.92 Å². The third-order valence-corrected chi connectivity index (χ3v) is 4.57. The summed E-state index contributed by atoms with van der Waals surface area (Å²) in [5.41, 5.74) is 7.60. The van der Waals surface area contributed by atoms with Crippen LogP contribution in [0, 0.1) is 15.5 Å². The number of benzene rings is 1. The third-order valence-electron chi connectivity index (χ3n) is 4.57. The first kappa shape index (κ1) is 15.0. The fraction of sp³-hybridized carbons (Fsp3) is 0.625. The van der Waals surface area contributed by atoms with Crippen LogP contribution in [0.5, 0.6) is 0 Å². The molecule has 0 heterocycles. The molecule has 110 valence electrons. The molecule has 0 amide bonds. The number of nitrogens with zero attached hydrogens (tertiary/aromatic N) is 1. The zero-order valence-electron chi connectivity index (χ0n) is 12.0. The van der Waals surface area contributed by atoms with Crippen LogP contribution < -0.4 is 5.73 Å². The molecule has 0 aromatic heterocycles. The van der Waals surface area contributed by atoms with Crippen molar-refractivity contribution in [3.8, 4) is 0 Å². The molecule has 0 unspecified atom stereocenters. The van der Waals surface area contributed by atoms with Gasteiger partial charge in [-0.2, -0.15) is 0 Å². The van der Waals surface area contributed by atoms with Gasteiger partial charge in [0, 0.05) is 12.1 Å². The second-order valence-electron chi connectivity index (χ2n) is 6.07. The quantitative estimate of drug-likeness (QED) is 0.671. The van der Waals surface area contributed by atoms with Crippen LogP contribution >= 0.6 is 0 Å². The van der Waals surface area contributed by atoms with Crippen LogP contribution in [0.2, 0.25) is 0 Å². The number of nitro groups is 1. The maximum absolute atomic E-state index is 10.7. The van der Waals surface area contributed by atoms with E-state index in [2.05, 4.69) is 0 Å². The van der Waals surface area contributed by atoms with E-state index in [1.54, 1.807) is 12.1 Å². The van der Waals surface area contributed by atoms with E-state index < -0.39 is 0 Å². The Morgan fingerprint density at radius 3 is 2.10 bits per heavy atom. The van der Waals surface area contributed by atoms with E-state index in [9.17, 15) is 10.1 Å². The minimum atomic E-state index is -0.349. The van der Waals surface area contributed by atoms with E-state index in [1.807, 2.05) is 12.1 Å². The minimum Gasteiger partial charge on any atom is -0.330 e. The highest BCUT2D eigenvalue weighted by Crippen LogP contribution is 2.36. The lowest BCUT2D eigenvalue weighted by Gasteiger charge is -2.34. The summed E-state index contributed by atoms with van der Waals surface area (Å²) in [6.45, 7) is 0.712. The second kappa shape index (κ2) is 6.84. The van der Waals surface area contributed by atoms with Crippen LogP contribution in [-0.2, 0) is 6.42 Å². The summed E-state index contributed by atoms with van der Waals surface area (Å²) in [4.78, 5) is 10.3. The standard InChI is InChI=1S/C16H24N2O2/c17-13-16(10-4-2-1-3-5-11-16)12-14-6-8-15(9-7-14)18(19)20/h6-9H,1-5,10-13,17H2. The SMILES string of the molecule is NCC1(Cc2ccc([N+](=O)[O-])cc2)CCCCCCC1. The first-order valence-electron chi connectivity index (χ1n) is 7.59. The molecule has 0 aliphatic heterocycles. The van der Waals surface area contributed by atoms with Gasteiger partial charge in [0.1, 0.15) is 0 Å². The Balaban J connectivity index is 2.09. The summed E-state index contributed by atoms with van der Waals surface area (Å²) in [6, 6.07) is 6.97. The van der Waals surface area contributed by atoms with Gasteiger partial charge >= 0.3 is 0 Å². The van der Waals surface area contributed by atoms with E-state index in [4.69, 9.17) is 5.73 Å². The lowest BCUT2D eigenvalue weighted by Crippen LogP contribution is -2.33. The molecule has 1 aromatic rings. The maximum Gasteiger partial charge on any atom is 0.269 e. The Bertz CT molecular complexity index is 434. The van der Waals surface area contributed by atoms with E-state index >= 15 is 0 Å². The molecule has 0 bridgehead atoms. The average Bonchev–Trinajstić information content (AvgIpc) is 2.43. The van der Waals surface area contributed by atoms with Crippen molar-refractivity contribution in [1.29, 1.82) is 0 Å². The van der Waals surface area contributed by atoms with Gasteiger partial charge < -0.3 is 5.73 Å². The maximum atomic E-state index is 10.7. The number of nitrogens with two attached hydrogens (primary N) is 1. The molecule has 1 saturated carbocycles. The van der Waals surface area contributed by atoms with Crippen LogP contribution in [0.1, 0.15) is 50.5 Å². The number of nitro benzene ring substituents is 1. The van der Waals surface area contributed by atoms with Gasteiger partial charge in [-0.1, -0.05) is 44.2 Å². The molecular weight excluding hydrogens is 252 g/mol. The lowest BCUT2D eigenvalue weighted by atomic mass is 9.72. The summed E-state index contributed by atoms with van der Waals surface area (Å²) < 4.78 is 0. The molecule has 1 aliphatic rings. The molecule has 2 N–H and O–H groups in total. The Hall–Kier alpha value is -1.42. The number of hydrogen-bond donors (Lipinski definition) is 1. The van der Waals surface area contributed by atoms with Gasteiger partial charge in [0.15, 0.2) is 0 Å². The molecule has 0 atom stereocenters. The fourth-order valence-corrected chi connectivity index (χ4v) is 3.28. The van der Waals surface area contributed by atoms with Gasteiger partial charge in [-0.3, -0.25) is 10.1 Å². The first-order chi connectivity index (χ1) is 9.65. The normalized spacial score (nSPS) is 19.1. The largest absolute Gasteiger partial charge is 0.330 e. The topological polar surface area (TPSA) is 69.2 Å². The molecule has 1 fully saturated rings. The van der Waals surface area contributed by atoms with Gasteiger partial charge in [0.2, 0.25) is 0 Å². The molecule has 0 saturated heterocycles. The molecule has 1 aliphatic carbocycles. The minimum absolute atomic E-state index is 0.160. The van der Waals surface area contributed by atoms with Gasteiger partial charge in [-0.05, 0) is 36.8 Å². The van der Waals surface area contributed by atoms with Crippen LogP contribution in [0.25, 0.3) is 0 Å². The number of rotatable bonds is 4.